The summed E-state index contributed by atoms with van der Waals surface area (Å²) >= 11 is 0. The summed E-state index contributed by atoms with van der Waals surface area (Å²) in [5.74, 6) is 1.06. The Labute approximate surface area is 337 Å². The van der Waals surface area contributed by atoms with Crippen molar-refractivity contribution in [2.45, 2.75) is 46.0 Å². The summed E-state index contributed by atoms with van der Waals surface area (Å²) in [5.41, 5.74) is 17.0. The minimum atomic E-state index is 0.483. The van der Waals surface area contributed by atoms with Crippen molar-refractivity contribution in [3.63, 3.8) is 0 Å². The third kappa shape index (κ3) is 7.04. The van der Waals surface area contributed by atoms with E-state index in [4.69, 9.17) is 0 Å². The molecular weight excluding hydrogens is 689 g/mol. The Balaban J connectivity index is 1.11. The van der Waals surface area contributed by atoms with Crippen LogP contribution in [0.5, 0.6) is 0 Å². The van der Waals surface area contributed by atoms with Crippen molar-refractivity contribution in [2.75, 3.05) is 4.90 Å². The van der Waals surface area contributed by atoms with Gasteiger partial charge in [0.05, 0.1) is 11.0 Å². The van der Waals surface area contributed by atoms with E-state index in [9.17, 15) is 0 Å². The molecule has 0 fully saturated rings. The first-order chi connectivity index (χ1) is 27.9. The van der Waals surface area contributed by atoms with Crippen LogP contribution >= 0.6 is 0 Å². The Hall–Kier alpha value is -6.64. The fourth-order valence-corrected chi connectivity index (χ4v) is 8.17. The van der Waals surface area contributed by atoms with Gasteiger partial charge in [-0.25, -0.2) is 0 Å². The van der Waals surface area contributed by atoms with Gasteiger partial charge in [-0.05, 0) is 136 Å². The topological polar surface area (TPSA) is 8.17 Å². The summed E-state index contributed by atoms with van der Waals surface area (Å²) in [7, 11) is 0. The van der Waals surface area contributed by atoms with E-state index in [0.29, 0.717) is 11.8 Å². The molecule has 8 aromatic carbocycles. The summed E-state index contributed by atoms with van der Waals surface area (Å²) in [6, 6.07) is 71.3. The number of para-hydroxylation sites is 2. The van der Waals surface area contributed by atoms with Crippen LogP contribution in [0.2, 0.25) is 0 Å². The Bertz CT molecular complexity index is 2720. The second-order valence-corrected chi connectivity index (χ2v) is 15.6. The lowest BCUT2D eigenvalue weighted by molar-refractivity contribution is 0.734. The lowest BCUT2D eigenvalue weighted by Crippen LogP contribution is -2.09. The summed E-state index contributed by atoms with van der Waals surface area (Å²) in [5, 5.41) is 2.49. The van der Waals surface area contributed by atoms with Gasteiger partial charge >= 0.3 is 0 Å². The predicted octanol–water partition coefficient (Wildman–Crippen LogP) is 15.9. The molecule has 0 aliphatic heterocycles. The number of hydrogen-bond acceptors (Lipinski definition) is 1. The highest BCUT2D eigenvalue weighted by Gasteiger charge is 2.17. The van der Waals surface area contributed by atoms with Gasteiger partial charge < -0.3 is 9.47 Å². The lowest BCUT2D eigenvalue weighted by Gasteiger charge is -2.25. The van der Waals surface area contributed by atoms with E-state index >= 15 is 0 Å². The molecule has 0 radical (unpaired) electrons. The van der Waals surface area contributed by atoms with Crippen molar-refractivity contribution in [1.82, 2.24) is 4.57 Å². The highest BCUT2D eigenvalue weighted by atomic mass is 15.1. The van der Waals surface area contributed by atoms with Gasteiger partial charge in [0.25, 0.3) is 0 Å². The predicted molar refractivity (Wildman–Crippen MR) is 245 cm³/mol. The van der Waals surface area contributed by atoms with Gasteiger partial charge in [-0.2, -0.15) is 0 Å². The third-order valence-electron chi connectivity index (χ3n) is 11.7. The van der Waals surface area contributed by atoms with Crippen molar-refractivity contribution >= 4 is 38.9 Å². The smallest absolute Gasteiger partial charge is 0.0541 e. The van der Waals surface area contributed by atoms with Crippen molar-refractivity contribution in [3.8, 4) is 39.1 Å². The molecule has 0 saturated carbocycles. The van der Waals surface area contributed by atoms with Crippen LogP contribution in [0.1, 0.15) is 57.1 Å². The molecule has 0 saturated heterocycles. The molecule has 0 spiro atoms. The Morgan fingerprint density at radius 1 is 0.404 bits per heavy atom. The molecule has 0 bridgehead atoms. The van der Waals surface area contributed by atoms with Gasteiger partial charge in [0.1, 0.15) is 0 Å². The molecule has 1 aromatic heterocycles. The van der Waals surface area contributed by atoms with Crippen molar-refractivity contribution in [3.05, 3.63) is 205 Å². The summed E-state index contributed by atoms with van der Waals surface area (Å²) in [6.45, 7) is 9.05. The second-order valence-electron chi connectivity index (χ2n) is 15.6. The molecule has 0 aliphatic carbocycles. The van der Waals surface area contributed by atoms with Crippen LogP contribution in [-0.4, -0.2) is 4.57 Å². The van der Waals surface area contributed by atoms with Gasteiger partial charge in [-0.1, -0.05) is 149 Å². The normalized spacial score (nSPS) is 12.0. The maximum atomic E-state index is 2.43. The van der Waals surface area contributed by atoms with Crippen LogP contribution in [0.15, 0.2) is 194 Å². The van der Waals surface area contributed by atoms with E-state index in [0.717, 1.165) is 23.5 Å². The average molecular weight is 737 g/mol. The molecule has 0 N–H and O–H groups in total. The summed E-state index contributed by atoms with van der Waals surface area (Å²) < 4.78 is 2.43. The molecule has 278 valence electrons. The maximum absolute atomic E-state index is 2.43. The number of benzene rings is 8. The first-order valence-corrected chi connectivity index (χ1v) is 20.3. The molecule has 2 nitrogen and oxygen atoms in total. The van der Waals surface area contributed by atoms with E-state index in [2.05, 4.69) is 231 Å². The molecular formula is C55H48N2. The van der Waals surface area contributed by atoms with Crippen LogP contribution < -0.4 is 4.90 Å². The van der Waals surface area contributed by atoms with Crippen LogP contribution in [-0.2, 0) is 0 Å². The van der Waals surface area contributed by atoms with Crippen LogP contribution in [0, 0.1) is 0 Å². The number of fused-ring (bicyclic) bond motifs is 3. The zero-order valence-corrected chi connectivity index (χ0v) is 33.2. The number of nitrogens with zero attached hydrogens (tertiary/aromatic N) is 2. The fourth-order valence-electron chi connectivity index (χ4n) is 8.17. The maximum Gasteiger partial charge on any atom is 0.0541 e. The number of anilines is 3. The first-order valence-electron chi connectivity index (χ1n) is 20.3. The Kier molecular flexibility index (Phi) is 9.78. The summed E-state index contributed by atoms with van der Waals surface area (Å²) in [6.07, 6.45) is 1.15. The zero-order chi connectivity index (χ0) is 38.9. The van der Waals surface area contributed by atoms with Crippen LogP contribution in [0.25, 0.3) is 60.9 Å². The first kappa shape index (κ1) is 36.0. The number of rotatable bonds is 10. The molecule has 9 aromatic rings. The highest BCUT2D eigenvalue weighted by Crippen LogP contribution is 2.39. The van der Waals surface area contributed by atoms with E-state index < -0.39 is 0 Å². The average Bonchev–Trinajstić information content (AvgIpc) is 3.60. The van der Waals surface area contributed by atoms with E-state index in [1.807, 2.05) is 0 Å². The lowest BCUT2D eigenvalue weighted by atomic mass is 9.95. The molecule has 2 heteroatoms. The zero-order valence-electron chi connectivity index (χ0n) is 33.2. The van der Waals surface area contributed by atoms with Gasteiger partial charge in [-0.3, -0.25) is 0 Å². The second kappa shape index (κ2) is 15.5. The largest absolute Gasteiger partial charge is 0.311 e. The van der Waals surface area contributed by atoms with E-state index in [1.54, 1.807) is 0 Å². The SMILES string of the molecule is CCC(C)c1ccc(-c2ccc(-c3ccc4c(c3)c3cc(-c5ccc(N(c6ccccc6)c6ccccc6)cc5)ccc3n4-c3ccc(C(C)C)cc3)cc2)cc1. The molecule has 1 unspecified atom stereocenters. The Morgan fingerprint density at radius 3 is 1.25 bits per heavy atom. The monoisotopic (exact) mass is 736 g/mol. The third-order valence-corrected chi connectivity index (χ3v) is 11.7. The van der Waals surface area contributed by atoms with Crippen molar-refractivity contribution in [1.29, 1.82) is 0 Å². The van der Waals surface area contributed by atoms with Gasteiger partial charge in [0, 0.05) is 33.5 Å². The molecule has 9 rings (SSSR count). The quantitative estimate of drug-likeness (QED) is 0.136. The van der Waals surface area contributed by atoms with Crippen molar-refractivity contribution in [2.24, 2.45) is 0 Å². The minimum Gasteiger partial charge on any atom is -0.311 e. The number of hydrogen-bond donors (Lipinski definition) is 0. The fraction of sp³-hybridized carbons (Fsp3) is 0.127. The molecule has 0 amide bonds. The molecule has 57 heavy (non-hydrogen) atoms. The molecule has 0 aliphatic rings. The van der Waals surface area contributed by atoms with E-state index in [-0.39, 0.29) is 0 Å². The van der Waals surface area contributed by atoms with Crippen LogP contribution in [0.4, 0.5) is 17.1 Å². The van der Waals surface area contributed by atoms with Crippen molar-refractivity contribution < 1.29 is 0 Å². The van der Waals surface area contributed by atoms with Gasteiger partial charge in [-0.15, -0.1) is 0 Å². The summed E-state index contributed by atoms with van der Waals surface area (Å²) in [4.78, 5) is 2.31. The molecule has 1 atom stereocenters. The van der Waals surface area contributed by atoms with E-state index in [1.165, 1.54) is 72.0 Å². The standard InChI is InChI=1S/C55H48N2/c1-5-39(4)41-16-18-42(19-17-41)43-20-22-44(23-21-43)46-28-34-54-52(36-46)53-37-47(29-35-55(53)57(54)51-30-24-40(25-31-51)38(2)3)45-26-32-50(33-27-45)56(48-12-8-6-9-13-48)49-14-10-7-11-15-49/h6-39H,5H2,1-4H3. The number of aromatic nitrogens is 1. The Morgan fingerprint density at radius 2 is 0.789 bits per heavy atom. The van der Waals surface area contributed by atoms with Gasteiger partial charge in [0.2, 0.25) is 0 Å². The van der Waals surface area contributed by atoms with Gasteiger partial charge in [0.15, 0.2) is 0 Å². The highest BCUT2D eigenvalue weighted by molar-refractivity contribution is 6.11. The van der Waals surface area contributed by atoms with Crippen LogP contribution in [0.3, 0.4) is 0 Å². The minimum absolute atomic E-state index is 0.483. The molecule has 1 heterocycles.